The summed E-state index contributed by atoms with van der Waals surface area (Å²) in [4.78, 5) is 8.50. The molecule has 6 aromatic rings. The largest absolute Gasteiger partial charge is 0.493 e. The molecule has 2 heterocycles. The fourth-order valence-corrected chi connectivity index (χ4v) is 5.42. The molecule has 0 spiro atoms. The highest BCUT2D eigenvalue weighted by molar-refractivity contribution is 8.13. The minimum atomic E-state index is -3.72. The van der Waals surface area contributed by atoms with E-state index in [2.05, 4.69) is 33.5 Å². The SMILES string of the molecule is COc1ccc(CNc2ccc(-c3ccccc3)cn2)cc1OC.COc1ccc(S(=O)(=O)Cl)cc1OC.Nc1ccc(-c2ccccc2)cn1. The zero-order chi connectivity index (χ0) is 36.6. The van der Waals surface area contributed by atoms with Crippen LogP contribution in [0, 0.1) is 0 Å². The number of ether oxygens (including phenoxy) is 4. The molecule has 4 aromatic carbocycles. The van der Waals surface area contributed by atoms with Gasteiger partial charge < -0.3 is 30.0 Å². The van der Waals surface area contributed by atoms with E-state index < -0.39 is 9.05 Å². The van der Waals surface area contributed by atoms with Gasteiger partial charge in [0.15, 0.2) is 23.0 Å². The predicted molar refractivity (Wildman–Crippen MR) is 203 cm³/mol. The van der Waals surface area contributed by atoms with Crippen molar-refractivity contribution < 1.29 is 27.4 Å². The second kappa shape index (κ2) is 18.8. The third kappa shape index (κ3) is 11.4. The van der Waals surface area contributed by atoms with Crippen LogP contribution in [0.5, 0.6) is 23.0 Å². The smallest absolute Gasteiger partial charge is 0.261 e. The molecule has 0 fully saturated rings. The van der Waals surface area contributed by atoms with Gasteiger partial charge in [0.05, 0.1) is 33.3 Å². The maximum atomic E-state index is 11.0. The van der Waals surface area contributed by atoms with Gasteiger partial charge in [0, 0.05) is 46.8 Å². The molecule has 51 heavy (non-hydrogen) atoms. The lowest BCUT2D eigenvalue weighted by Crippen LogP contribution is -2.02. The molecule has 0 bridgehead atoms. The fourth-order valence-electron chi connectivity index (χ4n) is 4.66. The van der Waals surface area contributed by atoms with Crippen LogP contribution in [0.25, 0.3) is 22.3 Å². The molecule has 0 saturated carbocycles. The van der Waals surface area contributed by atoms with Gasteiger partial charge in [-0.2, -0.15) is 0 Å². The molecular weight excluding hydrogens is 688 g/mol. The number of rotatable bonds is 10. The Hall–Kier alpha value is -5.78. The number of nitrogen functional groups attached to an aromatic ring is 1. The number of hydrogen-bond acceptors (Lipinski definition) is 10. The number of anilines is 2. The number of hydrogen-bond donors (Lipinski definition) is 2. The number of nitrogens with zero attached hydrogens (tertiary/aromatic N) is 2. The van der Waals surface area contributed by atoms with Crippen LogP contribution in [0.3, 0.4) is 0 Å². The summed E-state index contributed by atoms with van der Waals surface area (Å²) in [7, 11) is 7.59. The van der Waals surface area contributed by atoms with Gasteiger partial charge in [-0.1, -0.05) is 66.7 Å². The molecule has 0 saturated heterocycles. The van der Waals surface area contributed by atoms with E-state index in [9.17, 15) is 8.42 Å². The van der Waals surface area contributed by atoms with E-state index in [0.717, 1.165) is 45.1 Å². The van der Waals surface area contributed by atoms with Crippen molar-refractivity contribution in [3.63, 3.8) is 0 Å². The number of nitrogens with one attached hydrogen (secondary N) is 1. The average molecular weight is 727 g/mol. The van der Waals surface area contributed by atoms with Crippen molar-refractivity contribution in [3.8, 4) is 45.3 Å². The Morgan fingerprint density at radius 2 is 1.10 bits per heavy atom. The van der Waals surface area contributed by atoms with Gasteiger partial charge in [0.2, 0.25) is 0 Å². The molecule has 6 rings (SSSR count). The van der Waals surface area contributed by atoms with Crippen molar-refractivity contribution in [3.05, 3.63) is 139 Å². The van der Waals surface area contributed by atoms with Gasteiger partial charge in [-0.25, -0.2) is 18.4 Å². The Bertz CT molecular complexity index is 2070. The van der Waals surface area contributed by atoms with Crippen molar-refractivity contribution in [2.24, 2.45) is 0 Å². The standard InChI is InChI=1S/C20H20N2O2.C11H10N2.C8H9ClO4S/c1-23-18-10-8-15(12-19(18)24-2)13-21-20-11-9-17(14-22-20)16-6-4-3-5-7-16;12-11-7-6-10(8-13-11)9-4-2-1-3-5-9;1-12-7-4-3-6(14(9,10)11)5-8(7)13-2/h3-12,14H,13H2,1-2H3,(H,21,22);1-8H,(H2,12,13);3-5H,1-2H3. The summed E-state index contributed by atoms with van der Waals surface area (Å²) in [6.45, 7) is 0.665. The van der Waals surface area contributed by atoms with Gasteiger partial charge in [-0.05, 0) is 65.2 Å². The Kier molecular flexibility index (Phi) is 14.0. The normalized spacial score (nSPS) is 10.4. The Morgan fingerprint density at radius 3 is 1.57 bits per heavy atom. The van der Waals surface area contributed by atoms with Crippen molar-refractivity contribution in [1.29, 1.82) is 0 Å². The Balaban J connectivity index is 0.000000185. The number of methoxy groups -OCH3 is 4. The maximum Gasteiger partial charge on any atom is 0.261 e. The molecule has 0 aliphatic rings. The van der Waals surface area contributed by atoms with E-state index >= 15 is 0 Å². The van der Waals surface area contributed by atoms with Gasteiger partial charge >= 0.3 is 0 Å². The summed E-state index contributed by atoms with van der Waals surface area (Å²) in [5.74, 6) is 3.63. The second-order valence-electron chi connectivity index (χ2n) is 10.6. The van der Waals surface area contributed by atoms with Gasteiger partial charge in [0.1, 0.15) is 11.6 Å². The molecule has 0 aliphatic carbocycles. The van der Waals surface area contributed by atoms with E-state index in [4.69, 9.17) is 35.4 Å². The van der Waals surface area contributed by atoms with Crippen molar-refractivity contribution >= 4 is 31.4 Å². The highest BCUT2D eigenvalue weighted by atomic mass is 35.7. The summed E-state index contributed by atoms with van der Waals surface area (Å²) in [5, 5.41) is 3.32. The highest BCUT2D eigenvalue weighted by Gasteiger charge is 2.13. The molecule has 264 valence electrons. The van der Waals surface area contributed by atoms with Crippen LogP contribution < -0.4 is 30.0 Å². The molecule has 0 aliphatic heterocycles. The van der Waals surface area contributed by atoms with E-state index in [-0.39, 0.29) is 4.90 Å². The molecule has 0 atom stereocenters. The quantitative estimate of drug-likeness (QED) is 0.133. The molecule has 10 nitrogen and oxygen atoms in total. The Labute approximate surface area is 303 Å². The molecule has 12 heteroatoms. The minimum Gasteiger partial charge on any atom is -0.493 e. The maximum absolute atomic E-state index is 11.0. The van der Waals surface area contributed by atoms with E-state index in [1.54, 1.807) is 20.4 Å². The summed E-state index contributed by atoms with van der Waals surface area (Å²) < 4.78 is 42.4. The number of benzene rings is 4. The first-order valence-electron chi connectivity index (χ1n) is 15.5. The molecule has 0 amide bonds. The third-order valence-electron chi connectivity index (χ3n) is 7.32. The summed E-state index contributed by atoms with van der Waals surface area (Å²) in [6, 6.07) is 38.2. The second-order valence-corrected chi connectivity index (χ2v) is 13.2. The van der Waals surface area contributed by atoms with Gasteiger partial charge in [-0.15, -0.1) is 0 Å². The lowest BCUT2D eigenvalue weighted by atomic mass is 10.1. The zero-order valence-electron chi connectivity index (χ0n) is 28.6. The van der Waals surface area contributed by atoms with Crippen LogP contribution in [0.1, 0.15) is 5.56 Å². The topological polar surface area (TPSA) is 135 Å². The van der Waals surface area contributed by atoms with Crippen LogP contribution in [-0.2, 0) is 15.6 Å². The van der Waals surface area contributed by atoms with Crippen molar-refractivity contribution in [1.82, 2.24) is 9.97 Å². The van der Waals surface area contributed by atoms with E-state index in [1.165, 1.54) is 32.4 Å². The average Bonchev–Trinajstić information content (AvgIpc) is 3.18. The molecule has 0 radical (unpaired) electrons. The van der Waals surface area contributed by atoms with Crippen molar-refractivity contribution in [2.75, 3.05) is 39.5 Å². The van der Waals surface area contributed by atoms with Crippen LogP contribution in [0.4, 0.5) is 11.6 Å². The fraction of sp³-hybridized carbons (Fsp3) is 0.128. The molecule has 3 N–H and O–H groups in total. The van der Waals surface area contributed by atoms with Gasteiger partial charge in [0.25, 0.3) is 9.05 Å². The summed E-state index contributed by atoms with van der Waals surface area (Å²) in [5.41, 5.74) is 11.1. The van der Waals surface area contributed by atoms with E-state index in [0.29, 0.717) is 23.9 Å². The van der Waals surface area contributed by atoms with Gasteiger partial charge in [-0.3, -0.25) is 0 Å². The number of nitrogens with two attached hydrogens (primary N) is 1. The predicted octanol–water partition coefficient (Wildman–Crippen LogP) is 8.34. The number of aromatic nitrogens is 2. The highest BCUT2D eigenvalue weighted by Crippen LogP contribution is 2.31. The Morgan fingerprint density at radius 1 is 0.588 bits per heavy atom. The number of halogens is 1. The monoisotopic (exact) mass is 726 g/mol. The zero-order valence-corrected chi connectivity index (χ0v) is 30.2. The van der Waals surface area contributed by atoms with Crippen LogP contribution in [-0.4, -0.2) is 46.8 Å². The summed E-state index contributed by atoms with van der Waals surface area (Å²) >= 11 is 0. The lowest BCUT2D eigenvalue weighted by Gasteiger charge is -2.11. The first-order chi connectivity index (χ1) is 24.6. The first-order valence-corrected chi connectivity index (χ1v) is 17.9. The van der Waals surface area contributed by atoms with Crippen LogP contribution in [0.15, 0.2) is 139 Å². The van der Waals surface area contributed by atoms with Crippen LogP contribution >= 0.6 is 10.7 Å². The molecule has 0 unspecified atom stereocenters. The number of pyridine rings is 2. The van der Waals surface area contributed by atoms with E-state index in [1.807, 2.05) is 91.1 Å². The van der Waals surface area contributed by atoms with Crippen molar-refractivity contribution in [2.45, 2.75) is 11.4 Å². The summed E-state index contributed by atoms with van der Waals surface area (Å²) in [6.07, 6.45) is 3.66. The molecular formula is C39H39ClN4O6S. The van der Waals surface area contributed by atoms with Crippen LogP contribution in [0.2, 0.25) is 0 Å². The third-order valence-corrected chi connectivity index (χ3v) is 8.67. The first kappa shape index (κ1) is 38.0. The minimum absolute atomic E-state index is 0.0168. The molecule has 2 aromatic heterocycles. The lowest BCUT2D eigenvalue weighted by molar-refractivity contribution is 0.354.